The van der Waals surface area contributed by atoms with E-state index in [4.69, 9.17) is 0 Å². The summed E-state index contributed by atoms with van der Waals surface area (Å²) in [5.41, 5.74) is 5.45. The van der Waals surface area contributed by atoms with Gasteiger partial charge in [-0.1, -0.05) is 57.1 Å². The predicted octanol–water partition coefficient (Wildman–Crippen LogP) is 5.81. The van der Waals surface area contributed by atoms with E-state index < -0.39 is 0 Å². The molecular weight excluding hydrogens is 290 g/mol. The Morgan fingerprint density at radius 1 is 1.00 bits per heavy atom. The Bertz CT molecular complexity index is 563. The van der Waals surface area contributed by atoms with Gasteiger partial charge in [-0.25, -0.2) is 0 Å². The lowest BCUT2D eigenvalue weighted by atomic mass is 9.45. The Hall–Kier alpha value is -0.300. The molecule has 24 heavy (non-hydrogen) atoms. The van der Waals surface area contributed by atoms with Gasteiger partial charge in [0, 0.05) is 25.0 Å². The van der Waals surface area contributed by atoms with Gasteiger partial charge in [-0.15, -0.1) is 0 Å². The molecule has 5 aliphatic rings. The van der Waals surface area contributed by atoms with Crippen LogP contribution in [-0.2, 0) is 0 Å². The van der Waals surface area contributed by atoms with Gasteiger partial charge in [-0.3, -0.25) is 0 Å². The molecule has 1 heteroatoms. The molecule has 2 bridgehead atoms. The maximum absolute atomic E-state index is 2.73. The van der Waals surface area contributed by atoms with Crippen LogP contribution in [0.5, 0.6) is 0 Å². The third kappa shape index (κ3) is 1.86. The van der Waals surface area contributed by atoms with Crippen molar-refractivity contribution in [3.63, 3.8) is 0 Å². The molecule has 1 nitrogen and oxygen atoms in total. The average Bonchev–Trinajstić information content (AvgIpc) is 3.32. The molecule has 4 aliphatic carbocycles. The van der Waals surface area contributed by atoms with E-state index in [9.17, 15) is 0 Å². The van der Waals surface area contributed by atoms with Crippen LogP contribution in [0.1, 0.15) is 85.0 Å². The highest BCUT2D eigenvalue weighted by atomic mass is 15.3. The molecule has 5 rings (SSSR count). The van der Waals surface area contributed by atoms with Gasteiger partial charge < -0.3 is 4.90 Å². The number of rotatable bonds is 3. The number of hydrogen-bond donors (Lipinski definition) is 0. The van der Waals surface area contributed by atoms with Gasteiger partial charge in [0.2, 0.25) is 0 Å². The molecule has 134 valence electrons. The van der Waals surface area contributed by atoms with Gasteiger partial charge in [-0.2, -0.15) is 0 Å². The minimum absolute atomic E-state index is 0.510. The minimum atomic E-state index is 0.510. The van der Waals surface area contributed by atoms with Gasteiger partial charge >= 0.3 is 0 Å². The summed E-state index contributed by atoms with van der Waals surface area (Å²) in [5.74, 6) is 2.04. The van der Waals surface area contributed by atoms with Crippen LogP contribution in [-0.4, -0.2) is 24.5 Å². The lowest BCUT2D eigenvalue weighted by Gasteiger charge is -2.60. The van der Waals surface area contributed by atoms with Crippen molar-refractivity contribution in [2.45, 2.75) is 85.0 Å². The third-order valence-corrected chi connectivity index (χ3v) is 9.76. The first-order chi connectivity index (χ1) is 11.5. The molecule has 1 heterocycles. The zero-order valence-electron chi connectivity index (χ0n) is 16.3. The van der Waals surface area contributed by atoms with Crippen LogP contribution in [0.2, 0.25) is 0 Å². The van der Waals surface area contributed by atoms with Crippen molar-refractivity contribution in [1.82, 2.24) is 4.90 Å². The van der Waals surface area contributed by atoms with Crippen molar-refractivity contribution in [3.05, 3.63) is 11.1 Å². The van der Waals surface area contributed by atoms with Gasteiger partial charge in [0.05, 0.1) is 0 Å². The highest BCUT2D eigenvalue weighted by molar-refractivity contribution is 5.41. The van der Waals surface area contributed by atoms with Crippen molar-refractivity contribution < 1.29 is 0 Å². The van der Waals surface area contributed by atoms with E-state index in [0.717, 1.165) is 11.8 Å². The van der Waals surface area contributed by atoms with Crippen LogP contribution < -0.4 is 0 Å². The molecular formula is C23H37N. The molecule has 0 unspecified atom stereocenters. The molecule has 1 aliphatic heterocycles. The standard InChI is InChI=1S/C23H37N/c1-17-9-12-23-19(18-7-5-4-6-8-18)10-11-22(15-20(17)23,21(23,2)3)16-24-13-14-24/h18-19H,4-16H2,1-3H3/t19-,22-,23+/m0/s1. The number of fused-ring (bicyclic) bond motifs is 1. The topological polar surface area (TPSA) is 3.01 Å². The fourth-order valence-electron chi connectivity index (χ4n) is 8.21. The van der Waals surface area contributed by atoms with Crippen LogP contribution >= 0.6 is 0 Å². The summed E-state index contributed by atoms with van der Waals surface area (Å²) < 4.78 is 0. The van der Waals surface area contributed by atoms with E-state index in [1.165, 1.54) is 77.4 Å². The number of nitrogens with zero attached hydrogens (tertiary/aromatic N) is 1. The molecule has 0 aromatic heterocycles. The summed E-state index contributed by atoms with van der Waals surface area (Å²) in [6, 6.07) is 0. The van der Waals surface area contributed by atoms with Crippen LogP contribution in [0, 0.1) is 28.1 Å². The highest BCUT2D eigenvalue weighted by Crippen LogP contribution is 2.78. The number of allylic oxidation sites excluding steroid dienone is 2. The molecule has 4 fully saturated rings. The fourth-order valence-corrected chi connectivity index (χ4v) is 8.21. The van der Waals surface area contributed by atoms with Crippen molar-refractivity contribution in [1.29, 1.82) is 0 Å². The van der Waals surface area contributed by atoms with Gasteiger partial charge in [0.25, 0.3) is 0 Å². The Kier molecular flexibility index (Phi) is 3.39. The van der Waals surface area contributed by atoms with E-state index >= 15 is 0 Å². The first-order valence-electron chi connectivity index (χ1n) is 10.9. The van der Waals surface area contributed by atoms with Crippen molar-refractivity contribution >= 4 is 0 Å². The van der Waals surface area contributed by atoms with Gasteiger partial charge in [0.15, 0.2) is 0 Å². The van der Waals surface area contributed by atoms with Gasteiger partial charge in [0.1, 0.15) is 0 Å². The van der Waals surface area contributed by atoms with E-state index in [-0.39, 0.29) is 0 Å². The molecule has 3 saturated carbocycles. The summed E-state index contributed by atoms with van der Waals surface area (Å²) in [6.07, 6.45) is 15.0. The summed E-state index contributed by atoms with van der Waals surface area (Å²) in [6.45, 7) is 12.0. The zero-order chi connectivity index (χ0) is 16.6. The molecule has 1 saturated heterocycles. The van der Waals surface area contributed by atoms with E-state index in [1.807, 2.05) is 5.57 Å². The largest absolute Gasteiger partial charge is 0.300 e. The Morgan fingerprint density at radius 3 is 2.46 bits per heavy atom. The van der Waals surface area contributed by atoms with Crippen LogP contribution in [0.15, 0.2) is 11.1 Å². The second kappa shape index (κ2) is 5.12. The maximum atomic E-state index is 2.73. The Labute approximate surface area is 149 Å². The smallest absolute Gasteiger partial charge is 0.0110 e. The summed E-state index contributed by atoms with van der Waals surface area (Å²) in [4.78, 5) is 2.73. The first kappa shape index (κ1) is 15.9. The van der Waals surface area contributed by atoms with Crippen LogP contribution in [0.4, 0.5) is 0 Å². The average molecular weight is 328 g/mol. The minimum Gasteiger partial charge on any atom is -0.300 e. The lowest BCUT2D eigenvalue weighted by Crippen LogP contribution is -2.55. The molecule has 0 N–H and O–H groups in total. The molecule has 0 amide bonds. The summed E-state index contributed by atoms with van der Waals surface area (Å²) in [5, 5.41) is 0. The zero-order valence-corrected chi connectivity index (χ0v) is 16.3. The Morgan fingerprint density at radius 2 is 1.75 bits per heavy atom. The quantitative estimate of drug-likeness (QED) is 0.467. The molecule has 0 radical (unpaired) electrons. The second-order valence-electron chi connectivity index (χ2n) is 10.6. The van der Waals surface area contributed by atoms with Gasteiger partial charge in [-0.05, 0) is 61.7 Å². The monoisotopic (exact) mass is 327 g/mol. The van der Waals surface area contributed by atoms with E-state index in [2.05, 4.69) is 25.7 Å². The van der Waals surface area contributed by atoms with Crippen molar-refractivity contribution in [2.24, 2.45) is 28.1 Å². The first-order valence-corrected chi connectivity index (χ1v) is 10.9. The number of hydrogen-bond acceptors (Lipinski definition) is 1. The molecule has 0 aromatic rings. The van der Waals surface area contributed by atoms with E-state index in [1.54, 1.807) is 12.0 Å². The summed E-state index contributed by atoms with van der Waals surface area (Å²) >= 11 is 0. The second-order valence-corrected chi connectivity index (χ2v) is 10.6. The van der Waals surface area contributed by atoms with Crippen molar-refractivity contribution in [3.8, 4) is 0 Å². The lowest BCUT2D eigenvalue weighted by molar-refractivity contribution is -0.103. The van der Waals surface area contributed by atoms with Crippen LogP contribution in [0.25, 0.3) is 0 Å². The Balaban J connectivity index is 1.58. The SMILES string of the molecule is CC1=C2C[C@]3(CN4CC4)CC[C@@H](C4CCCCC4)[C@@]2(CC1)C3(C)C. The third-order valence-electron chi connectivity index (χ3n) is 9.76. The molecule has 3 atom stereocenters. The molecule has 1 spiro atoms. The maximum Gasteiger partial charge on any atom is 0.0110 e. The highest BCUT2D eigenvalue weighted by Gasteiger charge is 2.71. The summed E-state index contributed by atoms with van der Waals surface area (Å²) in [7, 11) is 0. The fraction of sp³-hybridized carbons (Fsp3) is 0.913. The normalized spacial score (nSPS) is 44.9. The molecule has 0 aromatic carbocycles. The van der Waals surface area contributed by atoms with Crippen molar-refractivity contribution in [2.75, 3.05) is 19.6 Å². The predicted molar refractivity (Wildman–Crippen MR) is 101 cm³/mol. The van der Waals surface area contributed by atoms with E-state index in [0.29, 0.717) is 16.2 Å². The van der Waals surface area contributed by atoms with Crippen LogP contribution in [0.3, 0.4) is 0 Å².